The SMILES string of the molecule is CSc1cccc(NC(=O)C2CC(=O)NN2)c1. The van der Waals surface area contributed by atoms with Gasteiger partial charge in [0.1, 0.15) is 6.04 Å². The van der Waals surface area contributed by atoms with Crippen LogP contribution in [-0.4, -0.2) is 24.1 Å². The number of carbonyl (C=O) groups excluding carboxylic acids is 2. The molecule has 90 valence electrons. The van der Waals surface area contributed by atoms with Crippen molar-refractivity contribution in [2.75, 3.05) is 11.6 Å². The van der Waals surface area contributed by atoms with Crippen LogP contribution >= 0.6 is 11.8 Å². The first-order valence-corrected chi connectivity index (χ1v) is 6.41. The fourth-order valence-corrected chi connectivity index (χ4v) is 2.00. The highest BCUT2D eigenvalue weighted by molar-refractivity contribution is 7.98. The van der Waals surface area contributed by atoms with E-state index in [9.17, 15) is 9.59 Å². The van der Waals surface area contributed by atoms with Crippen molar-refractivity contribution >= 4 is 29.3 Å². The van der Waals surface area contributed by atoms with E-state index in [1.54, 1.807) is 11.8 Å². The number of benzene rings is 1. The van der Waals surface area contributed by atoms with Gasteiger partial charge in [-0.15, -0.1) is 11.8 Å². The molecule has 6 heteroatoms. The van der Waals surface area contributed by atoms with E-state index in [0.717, 1.165) is 10.6 Å². The average Bonchev–Trinajstić information content (AvgIpc) is 2.76. The molecule has 1 unspecified atom stereocenters. The summed E-state index contributed by atoms with van der Waals surface area (Å²) >= 11 is 1.61. The normalized spacial score (nSPS) is 18.9. The quantitative estimate of drug-likeness (QED) is 0.693. The van der Waals surface area contributed by atoms with E-state index in [1.807, 2.05) is 30.5 Å². The highest BCUT2D eigenvalue weighted by Crippen LogP contribution is 2.19. The van der Waals surface area contributed by atoms with Crippen LogP contribution in [0.15, 0.2) is 29.2 Å². The highest BCUT2D eigenvalue weighted by atomic mass is 32.2. The minimum Gasteiger partial charge on any atom is -0.325 e. The lowest BCUT2D eigenvalue weighted by atomic mass is 10.2. The molecule has 2 amide bonds. The highest BCUT2D eigenvalue weighted by Gasteiger charge is 2.27. The van der Waals surface area contributed by atoms with Gasteiger partial charge in [-0.2, -0.15) is 0 Å². The van der Waals surface area contributed by atoms with Crippen LogP contribution in [0.25, 0.3) is 0 Å². The van der Waals surface area contributed by atoms with Crippen molar-refractivity contribution in [3.8, 4) is 0 Å². The van der Waals surface area contributed by atoms with Crippen LogP contribution in [0.3, 0.4) is 0 Å². The summed E-state index contributed by atoms with van der Waals surface area (Å²) in [5, 5.41) is 2.77. The Morgan fingerprint density at radius 2 is 2.35 bits per heavy atom. The molecule has 2 rings (SSSR count). The first-order valence-electron chi connectivity index (χ1n) is 5.18. The van der Waals surface area contributed by atoms with Crippen molar-refractivity contribution in [1.82, 2.24) is 10.9 Å². The molecule has 1 aliphatic rings. The number of hydrazine groups is 1. The monoisotopic (exact) mass is 251 g/mol. The Morgan fingerprint density at radius 1 is 1.53 bits per heavy atom. The third-order valence-electron chi connectivity index (χ3n) is 2.43. The Bertz CT molecular complexity index is 450. The molecular weight excluding hydrogens is 238 g/mol. The second-order valence-corrected chi connectivity index (χ2v) is 4.55. The molecular formula is C11H13N3O2S. The van der Waals surface area contributed by atoms with Gasteiger partial charge in [-0.1, -0.05) is 6.07 Å². The zero-order valence-electron chi connectivity index (χ0n) is 9.32. The number of rotatable bonds is 3. The third kappa shape index (κ3) is 2.98. The van der Waals surface area contributed by atoms with Crippen molar-refractivity contribution in [1.29, 1.82) is 0 Å². The molecule has 3 N–H and O–H groups in total. The number of thioether (sulfide) groups is 1. The molecule has 1 heterocycles. The largest absolute Gasteiger partial charge is 0.325 e. The fourth-order valence-electron chi connectivity index (χ4n) is 1.54. The Kier molecular flexibility index (Phi) is 3.65. The van der Waals surface area contributed by atoms with Crippen LogP contribution in [-0.2, 0) is 9.59 Å². The molecule has 0 aromatic heterocycles. The van der Waals surface area contributed by atoms with Crippen LogP contribution in [0.5, 0.6) is 0 Å². The smallest absolute Gasteiger partial charge is 0.243 e. The zero-order valence-corrected chi connectivity index (χ0v) is 10.1. The van der Waals surface area contributed by atoms with Gasteiger partial charge < -0.3 is 5.32 Å². The van der Waals surface area contributed by atoms with Crippen LogP contribution in [0.2, 0.25) is 0 Å². The summed E-state index contributed by atoms with van der Waals surface area (Å²) in [6.07, 6.45) is 2.15. The van der Waals surface area contributed by atoms with Crippen LogP contribution < -0.4 is 16.2 Å². The molecule has 1 atom stereocenters. The second kappa shape index (κ2) is 5.20. The van der Waals surface area contributed by atoms with Gasteiger partial charge in [0, 0.05) is 10.6 Å². The molecule has 0 spiro atoms. The van der Waals surface area contributed by atoms with E-state index >= 15 is 0 Å². The third-order valence-corrected chi connectivity index (χ3v) is 3.15. The lowest BCUT2D eigenvalue weighted by Crippen LogP contribution is -2.39. The average molecular weight is 251 g/mol. The molecule has 1 aliphatic heterocycles. The Labute approximate surface area is 103 Å². The molecule has 1 saturated heterocycles. The molecule has 1 fully saturated rings. The molecule has 0 aliphatic carbocycles. The second-order valence-electron chi connectivity index (χ2n) is 3.67. The van der Waals surface area contributed by atoms with Crippen LogP contribution in [0.1, 0.15) is 6.42 Å². The molecule has 5 nitrogen and oxygen atoms in total. The van der Waals surface area contributed by atoms with E-state index in [-0.39, 0.29) is 18.2 Å². The Morgan fingerprint density at radius 3 is 3.00 bits per heavy atom. The summed E-state index contributed by atoms with van der Waals surface area (Å²) in [5.41, 5.74) is 5.78. The van der Waals surface area contributed by atoms with Crippen LogP contribution in [0, 0.1) is 0 Å². The zero-order chi connectivity index (χ0) is 12.3. The van der Waals surface area contributed by atoms with Gasteiger partial charge in [0.2, 0.25) is 11.8 Å². The number of anilines is 1. The van der Waals surface area contributed by atoms with Crippen molar-refractivity contribution in [2.24, 2.45) is 0 Å². The van der Waals surface area contributed by atoms with Gasteiger partial charge in [-0.05, 0) is 24.5 Å². The first-order chi connectivity index (χ1) is 8.19. The molecule has 0 bridgehead atoms. The minimum atomic E-state index is -0.500. The maximum atomic E-state index is 11.8. The summed E-state index contributed by atoms with van der Waals surface area (Å²) in [7, 11) is 0. The number of hydrogen-bond donors (Lipinski definition) is 3. The topological polar surface area (TPSA) is 70.2 Å². The van der Waals surface area contributed by atoms with Crippen molar-refractivity contribution < 1.29 is 9.59 Å². The molecule has 1 aromatic rings. The first kappa shape index (κ1) is 11.9. The number of nitrogens with one attached hydrogen (secondary N) is 3. The number of amides is 2. The number of hydrogen-bond acceptors (Lipinski definition) is 4. The van der Waals surface area contributed by atoms with E-state index in [1.165, 1.54) is 0 Å². The van der Waals surface area contributed by atoms with Gasteiger partial charge in [-0.3, -0.25) is 15.0 Å². The summed E-state index contributed by atoms with van der Waals surface area (Å²) in [5.74, 6) is -0.371. The van der Waals surface area contributed by atoms with E-state index < -0.39 is 6.04 Å². The molecule has 0 radical (unpaired) electrons. The maximum absolute atomic E-state index is 11.8. The standard InChI is InChI=1S/C11H13N3O2S/c1-17-8-4-2-3-7(5-8)12-11(16)9-6-10(15)14-13-9/h2-5,9,13H,6H2,1H3,(H,12,16)(H,14,15). The molecule has 1 aromatic carbocycles. The molecule has 17 heavy (non-hydrogen) atoms. The Hall–Kier alpha value is -1.53. The van der Waals surface area contributed by atoms with Gasteiger partial charge in [0.25, 0.3) is 0 Å². The van der Waals surface area contributed by atoms with Crippen molar-refractivity contribution in [3.63, 3.8) is 0 Å². The van der Waals surface area contributed by atoms with E-state index in [0.29, 0.717) is 0 Å². The van der Waals surface area contributed by atoms with Gasteiger partial charge in [-0.25, -0.2) is 5.43 Å². The summed E-state index contributed by atoms with van der Waals surface area (Å²) < 4.78 is 0. The lowest BCUT2D eigenvalue weighted by molar-refractivity contribution is -0.121. The van der Waals surface area contributed by atoms with Gasteiger partial charge >= 0.3 is 0 Å². The molecule has 0 saturated carbocycles. The number of carbonyl (C=O) groups is 2. The minimum absolute atomic E-state index is 0.164. The van der Waals surface area contributed by atoms with Gasteiger partial charge in [0.15, 0.2) is 0 Å². The fraction of sp³-hybridized carbons (Fsp3) is 0.273. The maximum Gasteiger partial charge on any atom is 0.243 e. The van der Waals surface area contributed by atoms with Crippen molar-refractivity contribution in [2.45, 2.75) is 17.4 Å². The van der Waals surface area contributed by atoms with E-state index in [2.05, 4.69) is 16.2 Å². The van der Waals surface area contributed by atoms with Crippen molar-refractivity contribution in [3.05, 3.63) is 24.3 Å². The Balaban J connectivity index is 2.00. The van der Waals surface area contributed by atoms with Gasteiger partial charge in [0.05, 0.1) is 6.42 Å². The summed E-state index contributed by atoms with van der Waals surface area (Å²) in [6.45, 7) is 0. The van der Waals surface area contributed by atoms with Crippen LogP contribution in [0.4, 0.5) is 5.69 Å². The lowest BCUT2D eigenvalue weighted by Gasteiger charge is -2.10. The summed E-state index contributed by atoms with van der Waals surface area (Å²) in [4.78, 5) is 23.8. The van der Waals surface area contributed by atoms with E-state index in [4.69, 9.17) is 0 Å². The summed E-state index contributed by atoms with van der Waals surface area (Å²) in [6, 6.07) is 7.07. The predicted octanol–water partition coefficient (Wildman–Crippen LogP) is 0.740. The predicted molar refractivity (Wildman–Crippen MR) is 66.5 cm³/mol.